The monoisotopic (exact) mass is 378 g/mol. The fourth-order valence-corrected chi connectivity index (χ4v) is 3.06. The van der Waals surface area contributed by atoms with E-state index in [2.05, 4.69) is 15.1 Å². The fraction of sp³-hybridized carbons (Fsp3) is 0.294. The number of hydrogen-bond donors (Lipinski definition) is 0. The second-order valence-electron chi connectivity index (χ2n) is 5.69. The molecule has 6 nitrogen and oxygen atoms in total. The maximum absolute atomic E-state index is 12.5. The summed E-state index contributed by atoms with van der Waals surface area (Å²) in [7, 11) is 1.60. The summed E-state index contributed by atoms with van der Waals surface area (Å²) in [5.74, 6) is 0.0213. The van der Waals surface area contributed by atoms with Crippen LogP contribution in [0, 0.1) is 0 Å². The van der Waals surface area contributed by atoms with Crippen LogP contribution in [-0.2, 0) is 22.4 Å². The minimum Gasteiger partial charge on any atom is -0.375 e. The highest BCUT2D eigenvalue weighted by Gasteiger charge is 2.19. The molecule has 0 aromatic carbocycles. The molecule has 130 valence electrons. The van der Waals surface area contributed by atoms with Gasteiger partial charge in [-0.3, -0.25) is 9.78 Å². The Bertz CT molecular complexity index is 926. The highest BCUT2D eigenvalue weighted by atomic mass is 35.5. The van der Waals surface area contributed by atoms with Crippen molar-refractivity contribution in [2.75, 3.05) is 7.11 Å². The van der Waals surface area contributed by atoms with Crippen LogP contribution >= 0.6 is 23.2 Å². The molecule has 3 aromatic rings. The summed E-state index contributed by atoms with van der Waals surface area (Å²) < 4.78 is 7.06. The molecule has 0 aliphatic heterocycles. The first kappa shape index (κ1) is 17.8. The second-order valence-corrected chi connectivity index (χ2v) is 6.51. The highest BCUT2D eigenvalue weighted by Crippen LogP contribution is 2.23. The van der Waals surface area contributed by atoms with Crippen molar-refractivity contribution in [2.24, 2.45) is 0 Å². The summed E-state index contributed by atoms with van der Waals surface area (Å²) >= 11 is 11.9. The van der Waals surface area contributed by atoms with Gasteiger partial charge < -0.3 is 4.74 Å². The molecule has 0 bridgehead atoms. The highest BCUT2D eigenvalue weighted by molar-refractivity contribution is 6.30. The maximum Gasteiger partial charge on any atom is 0.156 e. The van der Waals surface area contributed by atoms with E-state index in [0.29, 0.717) is 15.8 Å². The molecule has 0 fully saturated rings. The van der Waals surface area contributed by atoms with E-state index in [1.165, 1.54) is 6.20 Å². The quantitative estimate of drug-likeness (QED) is 0.656. The summed E-state index contributed by atoms with van der Waals surface area (Å²) in [4.78, 5) is 20.8. The Balaban J connectivity index is 1.91. The van der Waals surface area contributed by atoms with Crippen LogP contribution in [0.3, 0.4) is 0 Å². The molecule has 8 heteroatoms. The lowest BCUT2D eigenvalue weighted by atomic mass is 10.0. The lowest BCUT2D eigenvalue weighted by Crippen LogP contribution is -2.15. The molecule has 1 atom stereocenters. The van der Waals surface area contributed by atoms with Crippen LogP contribution < -0.4 is 0 Å². The molecule has 0 aliphatic rings. The number of carbonyl (C=O) groups is 1. The van der Waals surface area contributed by atoms with E-state index >= 15 is 0 Å². The summed E-state index contributed by atoms with van der Waals surface area (Å²) in [5.41, 5.74) is 2.90. The number of ketones is 1. The molecule has 3 rings (SSSR count). The number of methoxy groups -OCH3 is 1. The van der Waals surface area contributed by atoms with E-state index in [4.69, 9.17) is 27.9 Å². The number of fused-ring (bicyclic) bond motifs is 1. The molecule has 0 saturated heterocycles. The Morgan fingerprint density at radius 1 is 1.24 bits per heavy atom. The number of aromatic nitrogens is 4. The van der Waals surface area contributed by atoms with E-state index < -0.39 is 0 Å². The third-order valence-corrected chi connectivity index (χ3v) is 4.25. The number of halogens is 2. The Labute approximate surface area is 154 Å². The van der Waals surface area contributed by atoms with Gasteiger partial charge in [0.1, 0.15) is 5.78 Å². The first-order chi connectivity index (χ1) is 12.0. The second kappa shape index (κ2) is 7.47. The van der Waals surface area contributed by atoms with Gasteiger partial charge in [-0.2, -0.15) is 5.10 Å². The molecule has 0 saturated carbocycles. The van der Waals surface area contributed by atoms with Crippen LogP contribution in [0.1, 0.15) is 29.8 Å². The minimum atomic E-state index is -0.267. The van der Waals surface area contributed by atoms with E-state index in [0.717, 1.165) is 16.8 Å². The van der Waals surface area contributed by atoms with E-state index in [1.807, 2.05) is 6.92 Å². The number of ether oxygens (including phenoxy) is 1. The molecule has 0 N–H and O–H groups in total. The van der Waals surface area contributed by atoms with Gasteiger partial charge in [-0.1, -0.05) is 23.2 Å². The van der Waals surface area contributed by atoms with Crippen LogP contribution in [0.4, 0.5) is 0 Å². The van der Waals surface area contributed by atoms with Crippen LogP contribution in [0.5, 0.6) is 0 Å². The molecule has 0 spiro atoms. The Morgan fingerprint density at radius 3 is 2.76 bits per heavy atom. The molecule has 25 heavy (non-hydrogen) atoms. The van der Waals surface area contributed by atoms with Gasteiger partial charge in [-0.15, -0.1) is 0 Å². The summed E-state index contributed by atoms with van der Waals surface area (Å²) in [6.07, 6.45) is 5.02. The van der Waals surface area contributed by atoms with Crippen molar-refractivity contribution < 1.29 is 9.53 Å². The number of hydrogen-bond acceptors (Lipinski definition) is 5. The molecule has 0 aliphatic carbocycles. The number of rotatable bonds is 6. The summed E-state index contributed by atoms with van der Waals surface area (Å²) in [5, 5.41) is 5.09. The van der Waals surface area contributed by atoms with Gasteiger partial charge in [0, 0.05) is 50.2 Å². The third-order valence-electron chi connectivity index (χ3n) is 3.86. The van der Waals surface area contributed by atoms with E-state index in [-0.39, 0.29) is 24.7 Å². The van der Waals surface area contributed by atoms with Crippen molar-refractivity contribution in [3.8, 4) is 0 Å². The largest absolute Gasteiger partial charge is 0.375 e. The molecule has 0 amide bonds. The lowest BCUT2D eigenvalue weighted by molar-refractivity contribution is -0.117. The van der Waals surface area contributed by atoms with Crippen molar-refractivity contribution in [3.63, 3.8) is 0 Å². The normalized spacial score (nSPS) is 12.5. The Hall–Kier alpha value is -2.02. The molecular weight excluding hydrogens is 363 g/mol. The standard InChI is InChI=1S/C17H16Cl2N4O2/c1-10(25-2)17-12(8-21-16-6-15(19)22-23(16)17)5-14(24)4-11-3-13(18)9-20-7-11/h3,6-10H,4-5H2,1-2H3/t10-/m0/s1. The molecule has 3 aromatic heterocycles. The van der Waals surface area contributed by atoms with Crippen molar-refractivity contribution in [1.29, 1.82) is 0 Å². The van der Waals surface area contributed by atoms with Gasteiger partial charge in [0.05, 0.1) is 16.8 Å². The van der Waals surface area contributed by atoms with E-state index in [9.17, 15) is 4.79 Å². The average molecular weight is 379 g/mol. The zero-order valence-corrected chi connectivity index (χ0v) is 15.3. The number of carbonyl (C=O) groups excluding carboxylic acids is 1. The Kier molecular flexibility index (Phi) is 5.32. The molecule has 3 heterocycles. The van der Waals surface area contributed by atoms with Crippen LogP contribution in [0.25, 0.3) is 5.65 Å². The topological polar surface area (TPSA) is 69.4 Å². The van der Waals surface area contributed by atoms with Crippen molar-refractivity contribution >= 4 is 34.6 Å². The maximum atomic E-state index is 12.5. The van der Waals surface area contributed by atoms with Crippen LogP contribution in [-0.4, -0.2) is 32.5 Å². The van der Waals surface area contributed by atoms with Crippen LogP contribution in [0.15, 0.2) is 30.7 Å². The Morgan fingerprint density at radius 2 is 2.04 bits per heavy atom. The summed E-state index contributed by atoms with van der Waals surface area (Å²) in [6, 6.07) is 3.40. The van der Waals surface area contributed by atoms with Gasteiger partial charge in [-0.05, 0) is 18.6 Å². The SMILES string of the molecule is CO[C@@H](C)c1c(CC(=O)Cc2cncc(Cl)c2)cnc2cc(Cl)nn12. The zero-order chi connectivity index (χ0) is 18.0. The number of nitrogens with zero attached hydrogens (tertiary/aromatic N) is 4. The van der Waals surface area contributed by atoms with Gasteiger partial charge in [0.15, 0.2) is 10.8 Å². The predicted octanol–water partition coefficient (Wildman–Crippen LogP) is 3.49. The third kappa shape index (κ3) is 3.98. The van der Waals surface area contributed by atoms with Crippen molar-refractivity contribution in [2.45, 2.75) is 25.9 Å². The fourth-order valence-electron chi connectivity index (χ4n) is 2.69. The first-order valence-electron chi connectivity index (χ1n) is 7.65. The predicted molar refractivity (Wildman–Crippen MR) is 95.1 cm³/mol. The average Bonchev–Trinajstić information content (AvgIpc) is 2.94. The van der Waals surface area contributed by atoms with Crippen molar-refractivity contribution in [3.05, 3.63) is 57.7 Å². The minimum absolute atomic E-state index is 0.0213. The number of pyridine rings is 1. The molecular formula is C17H16Cl2N4O2. The first-order valence-corrected chi connectivity index (χ1v) is 8.40. The van der Waals surface area contributed by atoms with Gasteiger partial charge in [-0.25, -0.2) is 9.50 Å². The zero-order valence-electron chi connectivity index (χ0n) is 13.7. The molecule has 0 radical (unpaired) electrons. The van der Waals surface area contributed by atoms with Crippen LogP contribution in [0.2, 0.25) is 10.2 Å². The summed E-state index contributed by atoms with van der Waals surface area (Å²) in [6.45, 7) is 1.89. The van der Waals surface area contributed by atoms with Gasteiger partial charge >= 0.3 is 0 Å². The van der Waals surface area contributed by atoms with Gasteiger partial charge in [0.25, 0.3) is 0 Å². The molecule has 0 unspecified atom stereocenters. The number of Topliss-reactive ketones (excluding diaryl/α,β-unsaturated/α-hetero) is 1. The van der Waals surface area contributed by atoms with E-state index in [1.54, 1.807) is 36.2 Å². The smallest absolute Gasteiger partial charge is 0.156 e. The lowest BCUT2D eigenvalue weighted by Gasteiger charge is -2.16. The van der Waals surface area contributed by atoms with Gasteiger partial charge in [0.2, 0.25) is 0 Å². The van der Waals surface area contributed by atoms with Crippen molar-refractivity contribution in [1.82, 2.24) is 19.6 Å².